The second kappa shape index (κ2) is 7.08. The molecule has 3 rings (SSSR count). The van der Waals surface area contributed by atoms with E-state index in [-0.39, 0.29) is 24.7 Å². The quantitative estimate of drug-likeness (QED) is 0.466. The number of ether oxygens (including phenoxy) is 3. The number of nitro groups is 1. The lowest BCUT2D eigenvalue weighted by atomic mass is 10.1. The Bertz CT molecular complexity index is 851. The fourth-order valence-electron chi connectivity index (χ4n) is 2.65. The summed E-state index contributed by atoms with van der Waals surface area (Å²) in [7, 11) is 0. The van der Waals surface area contributed by atoms with Crippen molar-refractivity contribution < 1.29 is 23.9 Å². The normalized spacial score (nSPS) is 12.9. The third kappa shape index (κ3) is 3.57. The molecular weight excluding hydrogens is 350 g/mol. The van der Waals surface area contributed by atoms with E-state index in [1.165, 1.54) is 6.07 Å². The van der Waals surface area contributed by atoms with Crippen molar-refractivity contribution in [2.24, 2.45) is 0 Å². The molecule has 0 spiro atoms. The Labute approximate surface area is 148 Å². The Kier molecular flexibility index (Phi) is 4.87. The van der Waals surface area contributed by atoms with Crippen LogP contribution in [0.2, 0.25) is 5.02 Å². The molecule has 0 saturated heterocycles. The number of esters is 1. The van der Waals surface area contributed by atoms with Crippen LogP contribution in [-0.2, 0) is 22.7 Å². The predicted octanol–water partition coefficient (Wildman–Crippen LogP) is 3.78. The van der Waals surface area contributed by atoms with E-state index in [0.29, 0.717) is 28.5 Å². The van der Waals surface area contributed by atoms with E-state index in [1.54, 1.807) is 31.2 Å². The molecule has 2 aromatic carbocycles. The van der Waals surface area contributed by atoms with Crippen molar-refractivity contribution in [3.05, 3.63) is 67.7 Å². The molecule has 1 aliphatic rings. The molecule has 0 saturated carbocycles. The summed E-state index contributed by atoms with van der Waals surface area (Å²) in [6, 6.07) is 7.85. The highest BCUT2D eigenvalue weighted by atomic mass is 35.5. The Morgan fingerprint density at radius 1 is 1.40 bits per heavy atom. The van der Waals surface area contributed by atoms with Gasteiger partial charge in [-0.2, -0.15) is 0 Å². The predicted molar refractivity (Wildman–Crippen MR) is 88.7 cm³/mol. The second-order valence-electron chi connectivity index (χ2n) is 5.47. The zero-order valence-corrected chi connectivity index (χ0v) is 14.0. The molecular formula is C17H14ClNO6. The SMILES string of the molecule is Cc1cccc(C(=O)OCc2cc(Cl)cc3c2OCOC3)c1[N+](=O)[O-]. The molecule has 130 valence electrons. The van der Waals surface area contributed by atoms with Crippen molar-refractivity contribution in [2.75, 3.05) is 6.79 Å². The smallest absolute Gasteiger partial charge is 0.345 e. The van der Waals surface area contributed by atoms with E-state index in [1.807, 2.05) is 0 Å². The minimum absolute atomic E-state index is 0.0925. The molecule has 8 heteroatoms. The van der Waals surface area contributed by atoms with Crippen molar-refractivity contribution in [3.8, 4) is 5.75 Å². The first kappa shape index (κ1) is 17.2. The first-order valence-corrected chi connectivity index (χ1v) is 7.78. The average molecular weight is 364 g/mol. The van der Waals surface area contributed by atoms with Gasteiger partial charge in [-0.25, -0.2) is 4.79 Å². The molecule has 0 bridgehead atoms. The lowest BCUT2D eigenvalue weighted by Gasteiger charge is -2.21. The van der Waals surface area contributed by atoms with Crippen LogP contribution < -0.4 is 4.74 Å². The number of carbonyl (C=O) groups excluding carboxylic acids is 1. The minimum Gasteiger partial charge on any atom is -0.467 e. The van der Waals surface area contributed by atoms with Gasteiger partial charge in [-0.15, -0.1) is 0 Å². The van der Waals surface area contributed by atoms with Crippen LogP contribution in [0.15, 0.2) is 30.3 Å². The van der Waals surface area contributed by atoms with Crippen LogP contribution in [0, 0.1) is 17.0 Å². The fraction of sp³-hybridized carbons (Fsp3) is 0.235. The van der Waals surface area contributed by atoms with Gasteiger partial charge in [0.25, 0.3) is 5.69 Å². The van der Waals surface area contributed by atoms with E-state index in [4.69, 9.17) is 25.8 Å². The van der Waals surface area contributed by atoms with Gasteiger partial charge in [-0.05, 0) is 25.1 Å². The van der Waals surface area contributed by atoms with Gasteiger partial charge in [-0.3, -0.25) is 10.1 Å². The van der Waals surface area contributed by atoms with E-state index in [2.05, 4.69) is 0 Å². The first-order valence-electron chi connectivity index (χ1n) is 7.40. The van der Waals surface area contributed by atoms with Gasteiger partial charge >= 0.3 is 5.97 Å². The highest BCUT2D eigenvalue weighted by Crippen LogP contribution is 2.32. The molecule has 0 unspecified atom stereocenters. The number of halogens is 1. The van der Waals surface area contributed by atoms with Gasteiger partial charge in [0.05, 0.1) is 11.5 Å². The van der Waals surface area contributed by atoms with Gasteiger partial charge in [-0.1, -0.05) is 23.7 Å². The van der Waals surface area contributed by atoms with Crippen molar-refractivity contribution in [1.82, 2.24) is 0 Å². The summed E-state index contributed by atoms with van der Waals surface area (Å²) in [5, 5.41) is 11.7. The first-order chi connectivity index (χ1) is 12.0. The lowest BCUT2D eigenvalue weighted by molar-refractivity contribution is -0.385. The van der Waals surface area contributed by atoms with E-state index in [0.717, 1.165) is 5.56 Å². The largest absolute Gasteiger partial charge is 0.467 e. The van der Waals surface area contributed by atoms with Gasteiger partial charge in [0.1, 0.15) is 17.9 Å². The number of para-hydroxylation sites is 1. The number of aryl methyl sites for hydroxylation is 1. The van der Waals surface area contributed by atoms with Gasteiger partial charge < -0.3 is 14.2 Å². The van der Waals surface area contributed by atoms with Gasteiger partial charge in [0.2, 0.25) is 0 Å². The molecule has 2 aromatic rings. The Morgan fingerprint density at radius 2 is 2.20 bits per heavy atom. The van der Waals surface area contributed by atoms with Crippen LogP contribution in [0.1, 0.15) is 27.0 Å². The van der Waals surface area contributed by atoms with Crippen LogP contribution in [0.25, 0.3) is 0 Å². The number of hydrogen-bond donors (Lipinski definition) is 0. The topological polar surface area (TPSA) is 87.9 Å². The zero-order chi connectivity index (χ0) is 18.0. The van der Waals surface area contributed by atoms with Gasteiger partial charge in [0, 0.05) is 21.7 Å². The summed E-state index contributed by atoms with van der Waals surface area (Å²) in [5.74, 6) is -0.224. The number of nitrogens with zero attached hydrogens (tertiary/aromatic N) is 1. The zero-order valence-electron chi connectivity index (χ0n) is 13.3. The molecule has 1 aliphatic heterocycles. The van der Waals surface area contributed by atoms with Crippen LogP contribution >= 0.6 is 11.6 Å². The minimum atomic E-state index is -0.781. The molecule has 0 radical (unpaired) electrons. The fourth-order valence-corrected chi connectivity index (χ4v) is 2.91. The molecule has 7 nitrogen and oxygen atoms in total. The van der Waals surface area contributed by atoms with E-state index >= 15 is 0 Å². The summed E-state index contributed by atoms with van der Waals surface area (Å²) < 4.78 is 15.9. The van der Waals surface area contributed by atoms with E-state index < -0.39 is 10.9 Å². The van der Waals surface area contributed by atoms with Crippen molar-refractivity contribution >= 4 is 23.3 Å². The summed E-state index contributed by atoms with van der Waals surface area (Å²) in [6.07, 6.45) is 0. The number of fused-ring (bicyclic) bond motifs is 1. The summed E-state index contributed by atoms with van der Waals surface area (Å²) in [5.41, 5.74) is 1.37. The number of nitro benzene ring substituents is 1. The van der Waals surface area contributed by atoms with Crippen LogP contribution in [-0.4, -0.2) is 17.7 Å². The van der Waals surface area contributed by atoms with Crippen LogP contribution in [0.5, 0.6) is 5.75 Å². The third-order valence-corrected chi connectivity index (χ3v) is 3.97. The van der Waals surface area contributed by atoms with Gasteiger partial charge in [0.15, 0.2) is 6.79 Å². The summed E-state index contributed by atoms with van der Waals surface area (Å²) in [6.45, 7) is 1.89. The van der Waals surface area contributed by atoms with Crippen LogP contribution in [0.4, 0.5) is 5.69 Å². The molecule has 0 aliphatic carbocycles. The number of carbonyl (C=O) groups is 1. The standard InChI is InChI=1S/C17H14ClNO6/c1-10-3-2-4-14(15(10)19(21)22)17(20)24-8-12-6-13(18)5-11-7-23-9-25-16(11)12/h2-6H,7-9H2,1H3. The molecule has 0 N–H and O–H groups in total. The van der Waals surface area contributed by atoms with Crippen molar-refractivity contribution in [3.63, 3.8) is 0 Å². The second-order valence-corrected chi connectivity index (χ2v) is 5.90. The number of benzene rings is 2. The molecule has 0 aromatic heterocycles. The molecule has 25 heavy (non-hydrogen) atoms. The molecule has 1 heterocycles. The van der Waals surface area contributed by atoms with Crippen molar-refractivity contribution in [2.45, 2.75) is 20.1 Å². The Balaban J connectivity index is 1.84. The average Bonchev–Trinajstić information content (AvgIpc) is 2.58. The Hall–Kier alpha value is -2.64. The lowest BCUT2D eigenvalue weighted by Crippen LogP contribution is -2.15. The maximum absolute atomic E-state index is 12.3. The molecule has 0 atom stereocenters. The highest BCUT2D eigenvalue weighted by Gasteiger charge is 2.24. The van der Waals surface area contributed by atoms with Crippen molar-refractivity contribution in [1.29, 1.82) is 0 Å². The maximum Gasteiger partial charge on any atom is 0.345 e. The maximum atomic E-state index is 12.3. The number of rotatable bonds is 4. The summed E-state index contributed by atoms with van der Waals surface area (Å²) in [4.78, 5) is 22.9. The third-order valence-electron chi connectivity index (χ3n) is 3.75. The molecule has 0 fully saturated rings. The monoisotopic (exact) mass is 363 g/mol. The van der Waals surface area contributed by atoms with E-state index in [9.17, 15) is 14.9 Å². The highest BCUT2D eigenvalue weighted by molar-refractivity contribution is 6.30. The Morgan fingerprint density at radius 3 is 2.96 bits per heavy atom. The number of hydrogen-bond acceptors (Lipinski definition) is 6. The van der Waals surface area contributed by atoms with Crippen LogP contribution in [0.3, 0.4) is 0 Å². The molecule has 0 amide bonds. The summed E-state index contributed by atoms with van der Waals surface area (Å²) >= 11 is 6.06.